The van der Waals surface area contributed by atoms with Gasteiger partial charge in [0.1, 0.15) is 0 Å². The van der Waals surface area contributed by atoms with Crippen molar-refractivity contribution in [2.75, 3.05) is 0 Å². The first-order chi connectivity index (χ1) is 11.4. The summed E-state index contributed by atoms with van der Waals surface area (Å²) in [4.78, 5) is 25.7. The molecule has 0 amide bonds. The van der Waals surface area contributed by atoms with Gasteiger partial charge in [-0.05, 0) is 24.1 Å². The lowest BCUT2D eigenvalue weighted by atomic mass is 10.0. The number of para-hydroxylation sites is 1. The number of hydrogen-bond acceptors (Lipinski definition) is 2. The van der Waals surface area contributed by atoms with Crippen molar-refractivity contribution in [3.8, 4) is 0 Å². The lowest BCUT2D eigenvalue weighted by molar-refractivity contribution is -0.140. The van der Waals surface area contributed by atoms with Crippen LogP contribution in [0.5, 0.6) is 0 Å². The molecule has 3 N–H and O–H groups in total. The van der Waals surface area contributed by atoms with Crippen molar-refractivity contribution in [3.63, 3.8) is 0 Å². The fourth-order valence-electron chi connectivity index (χ4n) is 2.89. The molecule has 0 saturated heterocycles. The Hall–Kier alpha value is -2.36. The highest BCUT2D eigenvalue weighted by atomic mass is 31.2. The van der Waals surface area contributed by atoms with Crippen LogP contribution in [0.1, 0.15) is 18.1 Å². The molecule has 3 rings (SSSR count). The van der Waals surface area contributed by atoms with E-state index in [4.69, 9.17) is 0 Å². The van der Waals surface area contributed by atoms with Gasteiger partial charge in [0.15, 0.2) is 5.16 Å². The summed E-state index contributed by atoms with van der Waals surface area (Å²) in [6, 6.07) is 15.7. The molecule has 0 radical (unpaired) electrons. The monoisotopic (exact) mass is 343 g/mol. The van der Waals surface area contributed by atoms with Crippen molar-refractivity contribution < 1.29 is 19.4 Å². The Balaban J connectivity index is 2.07. The summed E-state index contributed by atoms with van der Waals surface area (Å²) in [6.45, 7) is 1.32. The molecule has 2 unspecified atom stereocenters. The van der Waals surface area contributed by atoms with Crippen LogP contribution in [0.3, 0.4) is 0 Å². The van der Waals surface area contributed by atoms with Crippen molar-refractivity contribution in [2.24, 2.45) is 0 Å². The molecular weight excluding hydrogens is 325 g/mol. The van der Waals surface area contributed by atoms with Crippen LogP contribution in [0.4, 0.5) is 0 Å². The van der Waals surface area contributed by atoms with Crippen LogP contribution in [-0.4, -0.2) is 21.0 Å². The van der Waals surface area contributed by atoms with Gasteiger partial charge in [0.25, 0.3) is 0 Å². The van der Waals surface area contributed by atoms with E-state index < -0.39 is 18.5 Å². The van der Waals surface area contributed by atoms with Gasteiger partial charge in [-0.1, -0.05) is 48.5 Å². The molecule has 1 aromatic heterocycles. The largest absolute Gasteiger partial charge is 0.480 e. The van der Waals surface area contributed by atoms with Gasteiger partial charge in [-0.25, -0.2) is 0 Å². The summed E-state index contributed by atoms with van der Waals surface area (Å²) in [5.74, 6) is -1.31. The van der Waals surface area contributed by atoms with Gasteiger partial charge >= 0.3 is 5.97 Å². The number of H-pyrrole nitrogens is 1. The molecule has 24 heavy (non-hydrogen) atoms. The number of aromatic amines is 1. The molecule has 2 aromatic carbocycles. The normalized spacial score (nSPS) is 16.4. The summed E-state index contributed by atoms with van der Waals surface area (Å²) in [6.07, 6.45) is 1.45. The van der Waals surface area contributed by atoms with Crippen molar-refractivity contribution in [1.29, 1.82) is 0 Å². The van der Waals surface area contributed by atoms with Crippen LogP contribution in [0.2, 0.25) is 0 Å². The van der Waals surface area contributed by atoms with Gasteiger partial charge < -0.3 is 15.0 Å². The van der Waals surface area contributed by atoms with E-state index in [-0.39, 0.29) is 6.16 Å². The second kappa shape index (κ2) is 5.93. The Morgan fingerprint density at radius 3 is 2.42 bits per heavy atom. The summed E-state index contributed by atoms with van der Waals surface area (Å²) < 4.78 is 13.1. The van der Waals surface area contributed by atoms with Crippen molar-refractivity contribution in [1.82, 2.24) is 4.98 Å². The van der Waals surface area contributed by atoms with Gasteiger partial charge in [0.2, 0.25) is 7.37 Å². The Morgan fingerprint density at radius 2 is 1.75 bits per heavy atom. The van der Waals surface area contributed by atoms with E-state index >= 15 is 0 Å². The summed E-state index contributed by atoms with van der Waals surface area (Å²) in [7, 11) is -4.11. The quantitative estimate of drug-likeness (QED) is 0.612. The molecule has 0 aliphatic carbocycles. The first kappa shape index (κ1) is 16.5. The van der Waals surface area contributed by atoms with Crippen molar-refractivity contribution >= 4 is 24.2 Å². The zero-order valence-corrected chi connectivity index (χ0v) is 14.0. The number of carbonyl (C=O) groups is 1. The minimum Gasteiger partial charge on any atom is -0.480 e. The third-order valence-corrected chi connectivity index (χ3v) is 7.13. The second-order valence-corrected chi connectivity index (χ2v) is 8.58. The lowest BCUT2D eigenvalue weighted by Gasteiger charge is -2.30. The maximum absolute atomic E-state index is 13.1. The van der Waals surface area contributed by atoms with E-state index in [1.54, 1.807) is 36.5 Å². The Labute approximate surface area is 139 Å². The molecule has 2 atom stereocenters. The lowest BCUT2D eigenvalue weighted by Crippen LogP contribution is -2.33. The maximum Gasteiger partial charge on any atom is 0.323 e. The van der Waals surface area contributed by atoms with Crippen LogP contribution < -0.4 is 0 Å². The Morgan fingerprint density at radius 1 is 1.12 bits per heavy atom. The molecule has 0 fully saturated rings. The highest BCUT2D eigenvalue weighted by Crippen LogP contribution is 2.62. The van der Waals surface area contributed by atoms with E-state index in [0.717, 1.165) is 10.9 Å². The van der Waals surface area contributed by atoms with Crippen LogP contribution in [-0.2, 0) is 20.7 Å². The van der Waals surface area contributed by atoms with E-state index in [1.807, 2.05) is 24.3 Å². The van der Waals surface area contributed by atoms with E-state index in [9.17, 15) is 19.4 Å². The molecule has 1 heterocycles. The number of carboxylic acids is 1. The van der Waals surface area contributed by atoms with Gasteiger partial charge in [-0.2, -0.15) is 0 Å². The van der Waals surface area contributed by atoms with Gasteiger partial charge in [0, 0.05) is 17.1 Å². The molecule has 0 spiro atoms. The first-order valence-corrected chi connectivity index (χ1v) is 9.36. The van der Waals surface area contributed by atoms with Gasteiger partial charge in [-0.15, -0.1) is 0 Å². The number of fused-ring (bicyclic) bond motifs is 1. The standard InChI is InChI=1S/C18H18NO4P/c1-18(17(20)21,14-7-3-2-4-8-14)24(22,23)12-13-11-19-16-10-6-5-9-15(13)16/h2-11,19H,12H2,1H3,(H,20,21)(H,22,23). The first-order valence-electron chi connectivity index (χ1n) is 7.52. The third-order valence-electron chi connectivity index (χ3n) is 4.51. The second-order valence-electron chi connectivity index (χ2n) is 5.96. The molecule has 5 nitrogen and oxygen atoms in total. The molecule has 124 valence electrons. The van der Waals surface area contributed by atoms with Gasteiger partial charge in [-0.3, -0.25) is 9.36 Å². The molecule has 6 heteroatoms. The number of carboxylic acid groups (broad SMARTS) is 1. The number of nitrogens with one attached hydrogen (secondary N) is 1. The number of aliphatic carboxylic acids is 1. The summed E-state index contributed by atoms with van der Waals surface area (Å²) in [5, 5.41) is 8.68. The zero-order chi connectivity index (χ0) is 17.4. The van der Waals surface area contributed by atoms with Crippen molar-refractivity contribution in [2.45, 2.75) is 18.2 Å². The summed E-state index contributed by atoms with van der Waals surface area (Å²) in [5.41, 5.74) is 1.81. The highest BCUT2D eigenvalue weighted by molar-refractivity contribution is 7.59. The maximum atomic E-state index is 13.1. The molecular formula is C18H18NO4P. The van der Waals surface area contributed by atoms with Gasteiger partial charge in [0.05, 0.1) is 6.16 Å². The van der Waals surface area contributed by atoms with E-state index in [2.05, 4.69) is 4.98 Å². The minimum atomic E-state index is -4.11. The third kappa shape index (κ3) is 2.56. The van der Waals surface area contributed by atoms with E-state index in [0.29, 0.717) is 11.1 Å². The highest BCUT2D eigenvalue weighted by Gasteiger charge is 2.51. The fourth-order valence-corrected chi connectivity index (χ4v) is 4.78. The van der Waals surface area contributed by atoms with E-state index in [1.165, 1.54) is 6.92 Å². The predicted molar refractivity (Wildman–Crippen MR) is 93.3 cm³/mol. The summed E-state index contributed by atoms with van der Waals surface area (Å²) >= 11 is 0. The molecule has 0 saturated carbocycles. The van der Waals surface area contributed by atoms with Crippen LogP contribution in [0.15, 0.2) is 60.8 Å². The molecule has 3 aromatic rings. The van der Waals surface area contributed by atoms with Crippen LogP contribution in [0, 0.1) is 0 Å². The van der Waals surface area contributed by atoms with Crippen LogP contribution in [0.25, 0.3) is 10.9 Å². The number of rotatable bonds is 5. The minimum absolute atomic E-state index is 0.214. The zero-order valence-electron chi connectivity index (χ0n) is 13.1. The average Bonchev–Trinajstić information content (AvgIpc) is 2.97. The topological polar surface area (TPSA) is 90.4 Å². The average molecular weight is 343 g/mol. The Kier molecular flexibility index (Phi) is 4.08. The van der Waals surface area contributed by atoms with Crippen LogP contribution >= 0.6 is 7.37 Å². The SMILES string of the molecule is CC(C(=O)O)(c1ccccc1)P(=O)(O)Cc1c[nH]c2ccccc12. The molecule has 0 aliphatic rings. The number of hydrogen-bond donors (Lipinski definition) is 3. The molecule has 0 bridgehead atoms. The Bertz CT molecular complexity index is 934. The predicted octanol–water partition coefficient (Wildman–Crippen LogP) is 3.94. The molecule has 0 aliphatic heterocycles. The van der Waals surface area contributed by atoms with Crippen molar-refractivity contribution in [3.05, 3.63) is 71.9 Å². The number of benzene rings is 2. The smallest absolute Gasteiger partial charge is 0.323 e. The number of aromatic nitrogens is 1. The fraction of sp³-hybridized carbons (Fsp3) is 0.167.